The van der Waals surface area contributed by atoms with Gasteiger partial charge in [-0.25, -0.2) is 29.9 Å². The van der Waals surface area contributed by atoms with Gasteiger partial charge >= 0.3 is 0 Å². The van der Waals surface area contributed by atoms with E-state index >= 15 is 0 Å². The van der Waals surface area contributed by atoms with Gasteiger partial charge in [-0.1, -0.05) is 158 Å². The number of nitrogens with one attached hydrogen (secondary N) is 6. The molecule has 0 amide bonds. The molecule has 21 rings (SSSR count). The van der Waals surface area contributed by atoms with Crippen LogP contribution < -0.4 is 0 Å². The Morgan fingerprint density at radius 2 is 0.544 bits per heavy atom. The fourth-order valence-electron chi connectivity index (χ4n) is 15.1. The highest BCUT2D eigenvalue weighted by molar-refractivity contribution is 6.23. The Morgan fingerprint density at radius 1 is 0.233 bits per heavy atom. The molecule has 0 saturated carbocycles. The maximum atomic E-state index is 5.56. The first-order valence-corrected chi connectivity index (χ1v) is 30.5. The normalized spacial score (nSPS) is 13.2. The van der Waals surface area contributed by atoms with Crippen LogP contribution in [0.25, 0.3) is 177 Å². The second kappa shape index (κ2) is 17.7. The predicted octanol–water partition coefficient (Wildman–Crippen LogP) is 18.5. The van der Waals surface area contributed by atoms with Crippen LogP contribution in [-0.2, 0) is 0 Å². The Hall–Kier alpha value is -12.3. The molecule has 12 nitrogen and oxygen atoms in total. The molecule has 0 fully saturated rings. The van der Waals surface area contributed by atoms with Crippen LogP contribution in [0.3, 0.4) is 0 Å². The third-order valence-electron chi connectivity index (χ3n) is 19.2. The first kappa shape index (κ1) is 47.9. The molecule has 2 aliphatic heterocycles. The molecular weight excluding hydrogens is 1100 g/mol. The van der Waals surface area contributed by atoms with Crippen LogP contribution in [0.1, 0.15) is 45.7 Å². The van der Waals surface area contributed by atoms with Crippen LogP contribution in [0.5, 0.6) is 0 Å². The van der Waals surface area contributed by atoms with Crippen molar-refractivity contribution in [1.82, 2.24) is 59.8 Å². The van der Waals surface area contributed by atoms with Crippen molar-refractivity contribution >= 4 is 109 Å². The number of para-hydroxylation sites is 4. The number of imidazole rings is 2. The largest absolute Gasteiger partial charge is 0.357 e. The molecule has 0 saturated heterocycles. The van der Waals surface area contributed by atoms with Gasteiger partial charge in [0.25, 0.3) is 0 Å². The van der Waals surface area contributed by atoms with Gasteiger partial charge in [0.2, 0.25) is 0 Å². The topological polar surface area (TPSA) is 172 Å². The first-order chi connectivity index (χ1) is 44.5. The molecule has 0 aliphatic carbocycles. The molecule has 9 aromatic carbocycles. The molecule has 19 aromatic rings. The van der Waals surface area contributed by atoms with Gasteiger partial charge in [-0.3, -0.25) is 0 Å². The predicted molar refractivity (Wildman–Crippen MR) is 362 cm³/mol. The van der Waals surface area contributed by atoms with Crippen molar-refractivity contribution < 1.29 is 0 Å². The van der Waals surface area contributed by atoms with Crippen molar-refractivity contribution in [3.8, 4) is 67.8 Å². The number of fused-ring (bicyclic) bond motifs is 18. The molecular formula is C78H46N12. The zero-order valence-electron chi connectivity index (χ0n) is 47.8. The van der Waals surface area contributed by atoms with Gasteiger partial charge < -0.3 is 29.9 Å². The van der Waals surface area contributed by atoms with Crippen molar-refractivity contribution in [2.45, 2.75) is 11.8 Å². The van der Waals surface area contributed by atoms with Gasteiger partial charge in [0.15, 0.2) is 0 Å². The van der Waals surface area contributed by atoms with E-state index in [0.717, 1.165) is 200 Å². The Labute approximate surface area is 510 Å². The Kier molecular flexibility index (Phi) is 9.41. The first-order valence-electron chi connectivity index (χ1n) is 30.5. The summed E-state index contributed by atoms with van der Waals surface area (Å²) in [6.07, 6.45) is 0. The lowest BCUT2D eigenvalue weighted by Crippen LogP contribution is -2.04. The van der Waals surface area contributed by atoms with E-state index in [2.05, 4.69) is 260 Å². The second-order valence-corrected chi connectivity index (χ2v) is 24.2. The molecule has 12 heteroatoms. The SMILES string of the molecule is c1ccc(C2c3cc4cccc(c4[nH]3)-c3ccc4c(n3)c3nc(ccc3c3[nH]c(-c5ccc(-c6nc7c8ccc9nc8c8nc(ccc8c7[nH]6)-c6cccc7cc([nH]c67)C(c6ccccc6)c6cc7cccc-9c7[nH]6)cc5)nc43)-c3cccc4cc2[nH]c34)cc1. The van der Waals surface area contributed by atoms with Gasteiger partial charge in [-0.2, -0.15) is 0 Å². The number of hydrogen-bond donors (Lipinski definition) is 6. The number of H-pyrrole nitrogens is 6. The summed E-state index contributed by atoms with van der Waals surface area (Å²) in [5, 5.41) is 8.21. The van der Waals surface area contributed by atoms with E-state index in [0.29, 0.717) is 0 Å². The molecule has 90 heavy (non-hydrogen) atoms. The number of hydrogen-bond acceptors (Lipinski definition) is 6. The summed E-state index contributed by atoms with van der Waals surface area (Å²) in [6, 6.07) is 82.2. The van der Waals surface area contributed by atoms with Gasteiger partial charge in [-0.05, 0) is 83.9 Å². The van der Waals surface area contributed by atoms with Gasteiger partial charge in [-0.15, -0.1) is 0 Å². The highest BCUT2D eigenvalue weighted by Gasteiger charge is 2.28. The zero-order valence-corrected chi connectivity index (χ0v) is 47.8. The van der Waals surface area contributed by atoms with Gasteiger partial charge in [0.05, 0.1) is 101 Å². The van der Waals surface area contributed by atoms with Crippen LogP contribution in [0.15, 0.2) is 231 Å². The standard InChI is InChI=1S/C78H46N12/c1-3-11-39(12-4-1)63-59-35-43-15-7-19-47(65(43)83-59)55-31-27-51-69(79-55)70-52(28-32-56(80-70)48-20-8-16-44-36-60(63)84-66(44)48)74-73(51)87-77(88-74)41-23-25-42(26-24-41)78-89-75-53-29-33-57-49-21-9-17-45-37-61(85-67(45)49)64(40-13-5-2-6-14-40)62-38-46-18-10-22-50(68(46)86-62)58-34-30-54(76(75)90-78)72(82-58)71(53)81-57/h1-38,63-64,83-86H,(H,87,88)(H,89,90). The van der Waals surface area contributed by atoms with Crippen LogP contribution in [-0.4, -0.2) is 59.8 Å². The van der Waals surface area contributed by atoms with Gasteiger partial charge in [0, 0.05) is 99.2 Å². The van der Waals surface area contributed by atoms with Crippen LogP contribution >= 0.6 is 0 Å². The van der Waals surface area contributed by atoms with Crippen molar-refractivity contribution in [2.24, 2.45) is 0 Å². The molecule has 0 spiro atoms. The lowest BCUT2D eigenvalue weighted by Gasteiger charge is -2.15. The summed E-state index contributed by atoms with van der Waals surface area (Å²) in [7, 11) is 0. The molecule has 6 N–H and O–H groups in total. The van der Waals surface area contributed by atoms with Crippen LogP contribution in [0.4, 0.5) is 0 Å². The molecule has 418 valence electrons. The number of benzene rings is 9. The van der Waals surface area contributed by atoms with E-state index in [1.807, 2.05) is 0 Å². The second-order valence-electron chi connectivity index (χ2n) is 24.2. The molecule has 2 aliphatic rings. The highest BCUT2D eigenvalue weighted by Crippen LogP contribution is 2.45. The van der Waals surface area contributed by atoms with Gasteiger partial charge in [0.1, 0.15) is 11.6 Å². The number of pyridine rings is 4. The molecule has 2 atom stereocenters. The Balaban J connectivity index is 0.705. The zero-order chi connectivity index (χ0) is 58.4. The summed E-state index contributed by atoms with van der Waals surface area (Å²) in [5.74, 6) is 1.34. The maximum Gasteiger partial charge on any atom is 0.138 e. The lowest BCUT2D eigenvalue weighted by atomic mass is 9.92. The molecule has 2 unspecified atom stereocenters. The minimum Gasteiger partial charge on any atom is -0.357 e. The lowest BCUT2D eigenvalue weighted by molar-refractivity contribution is 0.906. The quantitative estimate of drug-likeness (QED) is 0.0958. The molecule has 16 bridgehead atoms. The summed E-state index contributed by atoms with van der Waals surface area (Å²) in [6.45, 7) is 0. The highest BCUT2D eigenvalue weighted by atomic mass is 15.0. The van der Waals surface area contributed by atoms with Crippen LogP contribution in [0, 0.1) is 0 Å². The average molecular weight is 1150 g/mol. The van der Waals surface area contributed by atoms with E-state index in [1.165, 1.54) is 11.1 Å². The fraction of sp³-hybridized carbons (Fsp3) is 0.0256. The smallest absolute Gasteiger partial charge is 0.138 e. The number of rotatable bonds is 4. The summed E-state index contributed by atoms with van der Waals surface area (Å²) >= 11 is 0. The molecule has 10 aromatic heterocycles. The number of aromatic amines is 6. The minimum absolute atomic E-state index is 0.0694. The van der Waals surface area contributed by atoms with Crippen LogP contribution in [0.2, 0.25) is 0 Å². The monoisotopic (exact) mass is 1150 g/mol. The third kappa shape index (κ3) is 6.78. The van der Waals surface area contributed by atoms with Crippen molar-refractivity contribution in [3.63, 3.8) is 0 Å². The molecule has 0 radical (unpaired) electrons. The van der Waals surface area contributed by atoms with E-state index in [9.17, 15) is 0 Å². The van der Waals surface area contributed by atoms with E-state index in [4.69, 9.17) is 29.9 Å². The molecule has 12 heterocycles. The van der Waals surface area contributed by atoms with Crippen molar-refractivity contribution in [2.75, 3.05) is 0 Å². The minimum atomic E-state index is -0.0694. The maximum absolute atomic E-state index is 5.56. The Morgan fingerprint density at radius 3 is 0.878 bits per heavy atom. The summed E-state index contributed by atoms with van der Waals surface area (Å²) < 4.78 is 0. The Bertz CT molecular complexity index is 5600. The summed E-state index contributed by atoms with van der Waals surface area (Å²) in [4.78, 5) is 56.3. The van der Waals surface area contributed by atoms with E-state index in [1.54, 1.807) is 0 Å². The third-order valence-corrected chi connectivity index (χ3v) is 19.2. The fourth-order valence-corrected chi connectivity index (χ4v) is 15.1. The van der Waals surface area contributed by atoms with Crippen molar-refractivity contribution in [1.29, 1.82) is 0 Å². The van der Waals surface area contributed by atoms with Crippen molar-refractivity contribution in [3.05, 3.63) is 264 Å². The number of aromatic nitrogens is 12. The summed E-state index contributed by atoms with van der Waals surface area (Å²) in [5.41, 5.74) is 27.0. The number of nitrogens with zero attached hydrogens (tertiary/aromatic N) is 6. The van der Waals surface area contributed by atoms with E-state index < -0.39 is 0 Å². The van der Waals surface area contributed by atoms with E-state index in [-0.39, 0.29) is 11.8 Å². The average Bonchev–Trinajstić information content (AvgIpc) is 1.45.